The normalized spacial score (nSPS) is 11.2. The fourth-order valence-corrected chi connectivity index (χ4v) is 2.12. The molecule has 1 aromatic carbocycles. The third kappa shape index (κ3) is 4.04. The van der Waals surface area contributed by atoms with Gasteiger partial charge in [0.05, 0.1) is 12.0 Å². The molecule has 1 heterocycles. The Morgan fingerprint density at radius 3 is 2.32 bits per heavy atom. The van der Waals surface area contributed by atoms with E-state index in [1.54, 1.807) is 0 Å². The second-order valence-corrected chi connectivity index (χ2v) is 5.13. The number of hydrogen-bond donors (Lipinski definition) is 2. The topological polar surface area (TPSA) is 79.5 Å². The minimum Gasteiger partial charge on any atom is -0.475 e. The van der Waals surface area contributed by atoms with E-state index in [9.17, 15) is 22.8 Å². The number of hydrogen-bond acceptors (Lipinski definition) is 4. The molecular weight excluding hydrogens is 323 g/mol. The molecule has 0 spiro atoms. The van der Waals surface area contributed by atoms with Gasteiger partial charge >= 0.3 is 11.5 Å². The first-order valence-corrected chi connectivity index (χ1v) is 6.56. The molecule has 5 nitrogen and oxygen atoms in total. The smallest absolute Gasteiger partial charge is 0.446 e. The Kier molecular flexibility index (Phi) is 4.45. The van der Waals surface area contributed by atoms with Crippen molar-refractivity contribution < 1.29 is 32.3 Å². The van der Waals surface area contributed by atoms with Crippen molar-refractivity contribution in [2.45, 2.75) is 10.4 Å². The van der Waals surface area contributed by atoms with Gasteiger partial charge in [-0.2, -0.15) is 13.2 Å². The van der Waals surface area contributed by atoms with E-state index in [0.717, 1.165) is 18.4 Å². The van der Waals surface area contributed by atoms with E-state index in [1.165, 1.54) is 18.2 Å². The van der Waals surface area contributed by atoms with Crippen LogP contribution in [0.5, 0.6) is 0 Å². The zero-order valence-corrected chi connectivity index (χ0v) is 11.5. The molecular formula is C13H8F3NO4S. The lowest BCUT2D eigenvalue weighted by Crippen LogP contribution is -2.13. The van der Waals surface area contributed by atoms with Gasteiger partial charge in [0.15, 0.2) is 0 Å². The SMILES string of the molecule is O=C(Nc1ccoc1C(=O)O)c1ccc(SC(F)(F)F)cc1. The van der Waals surface area contributed by atoms with Crippen molar-refractivity contribution in [1.29, 1.82) is 0 Å². The number of carboxylic acids is 1. The highest BCUT2D eigenvalue weighted by molar-refractivity contribution is 8.00. The van der Waals surface area contributed by atoms with Crippen LogP contribution >= 0.6 is 11.8 Å². The summed E-state index contributed by atoms with van der Waals surface area (Å²) in [6.07, 6.45) is 1.10. The van der Waals surface area contributed by atoms with Gasteiger partial charge < -0.3 is 14.8 Å². The quantitative estimate of drug-likeness (QED) is 0.832. The molecule has 0 aliphatic carbocycles. The summed E-state index contributed by atoms with van der Waals surface area (Å²) in [6.45, 7) is 0. The van der Waals surface area contributed by atoms with E-state index in [2.05, 4.69) is 5.32 Å². The molecule has 0 unspecified atom stereocenters. The Hall–Kier alpha value is -2.42. The van der Waals surface area contributed by atoms with Crippen molar-refractivity contribution in [2.75, 3.05) is 5.32 Å². The van der Waals surface area contributed by atoms with Gasteiger partial charge in [-0.25, -0.2) is 4.79 Å². The summed E-state index contributed by atoms with van der Waals surface area (Å²) in [5.74, 6) is -2.44. The first-order valence-electron chi connectivity index (χ1n) is 5.74. The standard InChI is InChI=1S/C13H8F3NO4S/c14-13(15,16)22-8-3-1-7(2-4-8)11(18)17-9-5-6-21-10(9)12(19)20/h1-6H,(H,17,18)(H,19,20). The molecule has 22 heavy (non-hydrogen) atoms. The van der Waals surface area contributed by atoms with Crippen molar-refractivity contribution in [3.63, 3.8) is 0 Å². The molecule has 2 aromatic rings. The number of aromatic carboxylic acids is 1. The molecule has 0 saturated carbocycles. The summed E-state index contributed by atoms with van der Waals surface area (Å²) < 4.78 is 41.3. The summed E-state index contributed by atoms with van der Waals surface area (Å²) in [7, 11) is 0. The second kappa shape index (κ2) is 6.14. The fourth-order valence-electron chi connectivity index (χ4n) is 1.58. The highest BCUT2D eigenvalue weighted by atomic mass is 32.2. The van der Waals surface area contributed by atoms with E-state index in [-0.39, 0.29) is 27.9 Å². The van der Waals surface area contributed by atoms with Crippen molar-refractivity contribution in [3.8, 4) is 0 Å². The average Bonchev–Trinajstić information content (AvgIpc) is 2.86. The Balaban J connectivity index is 2.10. The van der Waals surface area contributed by atoms with E-state index < -0.39 is 23.1 Å². The van der Waals surface area contributed by atoms with E-state index in [4.69, 9.17) is 9.52 Å². The van der Waals surface area contributed by atoms with Crippen molar-refractivity contribution >= 4 is 29.3 Å². The third-order valence-corrected chi connectivity index (χ3v) is 3.20. The van der Waals surface area contributed by atoms with E-state index >= 15 is 0 Å². The number of carboxylic acid groups (broad SMARTS) is 1. The van der Waals surface area contributed by atoms with E-state index in [1.807, 2.05) is 0 Å². The van der Waals surface area contributed by atoms with Crippen LogP contribution in [-0.4, -0.2) is 22.5 Å². The summed E-state index contributed by atoms with van der Waals surface area (Å²) >= 11 is -0.292. The Bertz CT molecular complexity index is 694. The Morgan fingerprint density at radius 1 is 1.14 bits per heavy atom. The monoisotopic (exact) mass is 331 g/mol. The highest BCUT2D eigenvalue weighted by Gasteiger charge is 2.29. The summed E-state index contributed by atoms with van der Waals surface area (Å²) in [4.78, 5) is 22.7. The van der Waals surface area contributed by atoms with Crippen LogP contribution in [0.1, 0.15) is 20.9 Å². The summed E-state index contributed by atoms with van der Waals surface area (Å²) in [5, 5.41) is 11.1. The molecule has 2 rings (SSSR count). The van der Waals surface area contributed by atoms with Crippen molar-refractivity contribution in [1.82, 2.24) is 0 Å². The largest absolute Gasteiger partial charge is 0.475 e. The summed E-state index contributed by atoms with van der Waals surface area (Å²) in [5.41, 5.74) is -4.35. The number of furan rings is 1. The zero-order valence-electron chi connectivity index (χ0n) is 10.7. The van der Waals surface area contributed by atoms with Gasteiger partial charge in [0.2, 0.25) is 5.76 Å². The van der Waals surface area contributed by atoms with Crippen LogP contribution in [0.25, 0.3) is 0 Å². The predicted molar refractivity (Wildman–Crippen MR) is 72.0 cm³/mol. The van der Waals surface area contributed by atoms with Crippen LogP contribution < -0.4 is 5.32 Å². The zero-order chi connectivity index (χ0) is 16.3. The lowest BCUT2D eigenvalue weighted by atomic mass is 10.2. The van der Waals surface area contributed by atoms with Crippen LogP contribution in [0.3, 0.4) is 0 Å². The molecule has 0 aliphatic heterocycles. The number of alkyl halides is 3. The van der Waals surface area contributed by atoms with Gasteiger partial charge in [0.25, 0.3) is 5.91 Å². The number of carbonyl (C=O) groups excluding carboxylic acids is 1. The maximum absolute atomic E-state index is 12.2. The first kappa shape index (κ1) is 16.0. The Morgan fingerprint density at radius 2 is 1.77 bits per heavy atom. The molecule has 2 N–H and O–H groups in total. The van der Waals surface area contributed by atoms with Crippen LogP contribution in [0.15, 0.2) is 45.9 Å². The van der Waals surface area contributed by atoms with Gasteiger partial charge in [0, 0.05) is 16.5 Å². The van der Waals surface area contributed by atoms with Crippen molar-refractivity contribution in [3.05, 3.63) is 47.9 Å². The number of anilines is 1. The van der Waals surface area contributed by atoms with Crippen LogP contribution in [0.4, 0.5) is 18.9 Å². The van der Waals surface area contributed by atoms with Gasteiger partial charge in [-0.1, -0.05) is 0 Å². The van der Waals surface area contributed by atoms with Crippen LogP contribution in [0, 0.1) is 0 Å². The molecule has 9 heteroatoms. The van der Waals surface area contributed by atoms with Gasteiger partial charge in [-0.05, 0) is 36.0 Å². The molecule has 0 radical (unpaired) electrons. The van der Waals surface area contributed by atoms with E-state index in [0.29, 0.717) is 0 Å². The third-order valence-electron chi connectivity index (χ3n) is 2.46. The average molecular weight is 331 g/mol. The molecule has 0 bridgehead atoms. The summed E-state index contributed by atoms with van der Waals surface area (Å²) in [6, 6.07) is 5.99. The number of thioether (sulfide) groups is 1. The molecule has 1 amide bonds. The molecule has 0 saturated heterocycles. The van der Waals surface area contributed by atoms with Gasteiger partial charge in [-0.3, -0.25) is 4.79 Å². The lowest BCUT2D eigenvalue weighted by molar-refractivity contribution is -0.0328. The van der Waals surface area contributed by atoms with Crippen LogP contribution in [-0.2, 0) is 0 Å². The highest BCUT2D eigenvalue weighted by Crippen LogP contribution is 2.36. The maximum atomic E-state index is 12.2. The molecule has 1 aromatic heterocycles. The number of benzene rings is 1. The molecule has 0 aliphatic rings. The number of nitrogens with one attached hydrogen (secondary N) is 1. The lowest BCUT2D eigenvalue weighted by Gasteiger charge is -2.07. The fraction of sp³-hybridized carbons (Fsp3) is 0.0769. The second-order valence-electron chi connectivity index (χ2n) is 3.99. The number of amides is 1. The van der Waals surface area contributed by atoms with Crippen molar-refractivity contribution in [2.24, 2.45) is 0 Å². The number of carbonyl (C=O) groups is 2. The minimum atomic E-state index is -4.41. The molecule has 116 valence electrons. The maximum Gasteiger partial charge on any atom is 0.446 e. The number of halogens is 3. The molecule has 0 fully saturated rings. The molecule has 0 atom stereocenters. The minimum absolute atomic E-state index is 0.0359. The first-order chi connectivity index (χ1) is 10.3. The Labute approximate surface area is 126 Å². The van der Waals surface area contributed by atoms with Gasteiger partial charge in [-0.15, -0.1) is 0 Å². The predicted octanol–water partition coefficient (Wildman–Crippen LogP) is 3.84. The van der Waals surface area contributed by atoms with Gasteiger partial charge in [0.1, 0.15) is 0 Å². The number of rotatable bonds is 4. The van der Waals surface area contributed by atoms with Crippen LogP contribution in [0.2, 0.25) is 0 Å².